The van der Waals surface area contributed by atoms with Crippen molar-refractivity contribution in [2.75, 3.05) is 0 Å². The van der Waals surface area contributed by atoms with E-state index in [-0.39, 0.29) is 5.41 Å². The van der Waals surface area contributed by atoms with Crippen LogP contribution in [0, 0.1) is 0 Å². The second-order valence-electron chi connectivity index (χ2n) is 9.06. The lowest BCUT2D eigenvalue weighted by molar-refractivity contribution is 0.892. The summed E-state index contributed by atoms with van der Waals surface area (Å²) < 4.78 is 0. The van der Waals surface area contributed by atoms with E-state index in [0.717, 1.165) is 22.5 Å². The Labute approximate surface area is 198 Å². The molecule has 0 aliphatic heterocycles. The Bertz CT molecular complexity index is 1280. The lowest BCUT2D eigenvalue weighted by atomic mass is 9.89. The highest BCUT2D eigenvalue weighted by molar-refractivity contribution is 6.32. The highest BCUT2D eigenvalue weighted by Crippen LogP contribution is 2.51. The van der Waals surface area contributed by atoms with Gasteiger partial charge in [-0.1, -0.05) is 115 Å². The molecule has 33 heavy (non-hydrogen) atoms. The van der Waals surface area contributed by atoms with Crippen molar-refractivity contribution in [3.05, 3.63) is 132 Å². The molecule has 1 fully saturated rings. The number of hydrogen-bond donors (Lipinski definition) is 0. The van der Waals surface area contributed by atoms with Crippen LogP contribution < -0.4 is 5.46 Å². The number of benzene rings is 4. The molecule has 1 aliphatic carbocycles. The summed E-state index contributed by atoms with van der Waals surface area (Å²) in [5.41, 5.74) is 9.63. The summed E-state index contributed by atoms with van der Waals surface area (Å²) in [5, 5.41) is 0. The first-order chi connectivity index (χ1) is 16.1. The van der Waals surface area contributed by atoms with Gasteiger partial charge in [0.2, 0.25) is 0 Å². The number of allylic oxidation sites excluding steroid dienone is 1. The third-order valence-electron chi connectivity index (χ3n) is 6.60. The van der Waals surface area contributed by atoms with E-state index in [1.54, 1.807) is 0 Å². The molecule has 0 bridgehead atoms. The van der Waals surface area contributed by atoms with Gasteiger partial charge in [0.05, 0.1) is 5.70 Å². The first-order valence-corrected chi connectivity index (χ1v) is 11.7. The van der Waals surface area contributed by atoms with Gasteiger partial charge in [-0.15, -0.1) is 0 Å². The maximum absolute atomic E-state index is 5.17. The highest BCUT2D eigenvalue weighted by atomic mass is 14.8. The predicted molar refractivity (Wildman–Crippen MR) is 144 cm³/mol. The second-order valence-corrected chi connectivity index (χ2v) is 9.06. The van der Waals surface area contributed by atoms with E-state index >= 15 is 0 Å². The van der Waals surface area contributed by atoms with Crippen molar-refractivity contribution in [1.82, 2.24) is 0 Å². The zero-order chi connectivity index (χ0) is 22.7. The van der Waals surface area contributed by atoms with Crippen LogP contribution in [0.25, 0.3) is 16.8 Å². The minimum atomic E-state index is 0.0849. The quantitative estimate of drug-likeness (QED) is 0.258. The monoisotopic (exact) mass is 425 g/mol. The van der Waals surface area contributed by atoms with Crippen LogP contribution in [0.4, 0.5) is 0 Å². The van der Waals surface area contributed by atoms with E-state index in [1.165, 1.54) is 35.0 Å². The van der Waals surface area contributed by atoms with E-state index in [4.69, 9.17) is 4.99 Å². The highest BCUT2D eigenvalue weighted by Gasteiger charge is 2.42. The predicted octanol–water partition coefficient (Wildman–Crippen LogP) is 6.19. The lowest BCUT2D eigenvalue weighted by Gasteiger charge is -2.15. The van der Waals surface area contributed by atoms with E-state index in [2.05, 4.69) is 124 Å². The van der Waals surface area contributed by atoms with Crippen LogP contribution in [0.15, 0.2) is 120 Å². The molecular weight excluding hydrogens is 397 g/mol. The van der Waals surface area contributed by atoms with Crippen molar-refractivity contribution in [3.8, 4) is 11.1 Å². The summed E-state index contributed by atoms with van der Waals surface area (Å²) in [4.78, 5) is 5.17. The summed E-state index contributed by atoms with van der Waals surface area (Å²) in [7, 11) is 2.15. The Morgan fingerprint density at radius 1 is 0.697 bits per heavy atom. The zero-order valence-corrected chi connectivity index (χ0v) is 19.3. The second kappa shape index (κ2) is 9.07. The maximum Gasteiger partial charge on any atom is 0.139 e. The summed E-state index contributed by atoms with van der Waals surface area (Å²) >= 11 is 0. The molecular formula is C31H28BN. The van der Waals surface area contributed by atoms with E-state index in [0.29, 0.717) is 0 Å². The molecule has 1 aliphatic rings. The van der Waals surface area contributed by atoms with Crippen LogP contribution in [-0.2, 0) is 5.41 Å². The minimum absolute atomic E-state index is 0.0849. The van der Waals surface area contributed by atoms with Gasteiger partial charge in [-0.3, -0.25) is 4.99 Å². The van der Waals surface area contributed by atoms with Gasteiger partial charge in [-0.25, -0.2) is 0 Å². The van der Waals surface area contributed by atoms with Crippen molar-refractivity contribution >= 4 is 24.7 Å². The molecule has 0 radical (unpaired) electrons. The van der Waals surface area contributed by atoms with Crippen molar-refractivity contribution in [3.63, 3.8) is 0 Å². The Morgan fingerprint density at radius 3 is 1.88 bits per heavy atom. The molecule has 160 valence electrons. The van der Waals surface area contributed by atoms with Gasteiger partial charge in [0, 0.05) is 11.1 Å². The molecule has 2 heteroatoms. The molecule has 0 atom stereocenters. The van der Waals surface area contributed by atoms with Gasteiger partial charge >= 0.3 is 0 Å². The number of rotatable bonds is 6. The molecule has 0 amide bonds. The van der Waals surface area contributed by atoms with E-state index < -0.39 is 0 Å². The smallest absolute Gasteiger partial charge is 0.139 e. The summed E-state index contributed by atoms with van der Waals surface area (Å²) in [6.07, 6.45) is 4.74. The molecule has 1 nitrogen and oxygen atoms in total. The zero-order valence-electron chi connectivity index (χ0n) is 19.3. The lowest BCUT2D eigenvalue weighted by Crippen LogP contribution is -2.08. The average molecular weight is 425 g/mol. The largest absolute Gasteiger partial charge is 0.253 e. The molecule has 0 unspecified atom stereocenters. The third-order valence-corrected chi connectivity index (χ3v) is 6.60. The molecule has 0 spiro atoms. The van der Waals surface area contributed by atoms with Crippen LogP contribution in [0.2, 0.25) is 0 Å². The van der Waals surface area contributed by atoms with Crippen molar-refractivity contribution in [1.29, 1.82) is 0 Å². The SMILES string of the molecule is Bc1ccc(C2(/C=C(\N=C(/C)c3ccccc3)c3ccc(-c4ccccc4)cc3)CC2)cc1. The molecule has 1 saturated carbocycles. The Kier molecular flexibility index (Phi) is 5.83. The molecule has 0 aromatic heterocycles. The normalized spacial score (nSPS) is 15.3. The first kappa shape index (κ1) is 21.2. The minimum Gasteiger partial charge on any atom is -0.253 e. The van der Waals surface area contributed by atoms with Gasteiger partial charge in [-0.05, 0) is 53.7 Å². The standard InChI is InChI=1S/C31H28BN/c1-23(24-8-4-2-5-9-24)33-30(22-31(20-21-31)28-16-18-29(32)19-17-28)27-14-12-26(13-15-27)25-10-6-3-7-11-25/h2-19,22H,20-21,32H2,1H3/b30-22-,33-23+. The molecule has 4 aromatic carbocycles. The number of nitrogens with zero attached hydrogens (tertiary/aromatic N) is 1. The van der Waals surface area contributed by atoms with Gasteiger partial charge in [0.15, 0.2) is 0 Å². The van der Waals surface area contributed by atoms with Gasteiger partial charge in [-0.2, -0.15) is 0 Å². The van der Waals surface area contributed by atoms with Gasteiger partial charge < -0.3 is 0 Å². The topological polar surface area (TPSA) is 12.4 Å². The van der Waals surface area contributed by atoms with Crippen LogP contribution in [0.3, 0.4) is 0 Å². The van der Waals surface area contributed by atoms with E-state index in [9.17, 15) is 0 Å². The fourth-order valence-electron chi connectivity index (χ4n) is 4.37. The van der Waals surface area contributed by atoms with Crippen LogP contribution in [0.5, 0.6) is 0 Å². The average Bonchev–Trinajstić information content (AvgIpc) is 3.66. The van der Waals surface area contributed by atoms with Gasteiger partial charge in [0.1, 0.15) is 7.85 Å². The Morgan fingerprint density at radius 2 is 1.27 bits per heavy atom. The summed E-state index contributed by atoms with van der Waals surface area (Å²) in [6.45, 7) is 2.10. The third kappa shape index (κ3) is 4.76. The molecule has 0 N–H and O–H groups in total. The molecule has 0 saturated heterocycles. The first-order valence-electron chi connectivity index (χ1n) is 11.7. The Balaban J connectivity index is 1.56. The summed E-state index contributed by atoms with van der Waals surface area (Å²) in [5.74, 6) is 0. The number of hydrogen-bond acceptors (Lipinski definition) is 1. The van der Waals surface area contributed by atoms with Crippen LogP contribution >= 0.6 is 0 Å². The van der Waals surface area contributed by atoms with Crippen molar-refractivity contribution < 1.29 is 0 Å². The maximum atomic E-state index is 5.17. The fourth-order valence-corrected chi connectivity index (χ4v) is 4.37. The van der Waals surface area contributed by atoms with E-state index in [1.807, 2.05) is 6.07 Å². The molecule has 0 heterocycles. The Hall–Kier alpha value is -3.65. The van der Waals surface area contributed by atoms with Crippen LogP contribution in [-0.4, -0.2) is 13.6 Å². The summed E-state index contributed by atoms with van der Waals surface area (Å²) in [6, 6.07) is 38.8. The number of aliphatic imine (C=N–C) groups is 1. The van der Waals surface area contributed by atoms with Crippen molar-refractivity contribution in [2.45, 2.75) is 25.2 Å². The molecule has 5 rings (SSSR count). The van der Waals surface area contributed by atoms with Crippen molar-refractivity contribution in [2.24, 2.45) is 4.99 Å². The fraction of sp³-hybridized carbons (Fsp3) is 0.129. The molecule has 4 aromatic rings. The van der Waals surface area contributed by atoms with Gasteiger partial charge in [0.25, 0.3) is 0 Å². The van der Waals surface area contributed by atoms with Crippen LogP contribution in [0.1, 0.15) is 36.5 Å².